The zero-order valence-corrected chi connectivity index (χ0v) is 13.1. The van der Waals surface area contributed by atoms with Gasteiger partial charge in [-0.05, 0) is 26.0 Å². The maximum Gasteiger partial charge on any atom is 0.335 e. The number of aromatic nitrogens is 2. The highest BCUT2D eigenvalue weighted by molar-refractivity contribution is 6.30. The number of nitro groups is 1. The zero-order valence-electron chi connectivity index (χ0n) is 12.3. The third kappa shape index (κ3) is 2.70. The van der Waals surface area contributed by atoms with Crippen molar-refractivity contribution in [1.29, 1.82) is 0 Å². The molecule has 0 unspecified atom stereocenters. The Kier molecular flexibility index (Phi) is 3.45. The Morgan fingerprint density at radius 3 is 2.87 bits per heavy atom. The Morgan fingerprint density at radius 1 is 1.43 bits per heavy atom. The van der Waals surface area contributed by atoms with Gasteiger partial charge in [0.25, 0.3) is 0 Å². The monoisotopic (exact) mass is 333 g/mol. The van der Waals surface area contributed by atoms with Crippen molar-refractivity contribution in [3.8, 4) is 5.75 Å². The van der Waals surface area contributed by atoms with Gasteiger partial charge in [0.1, 0.15) is 11.4 Å². The SMILES string of the molecule is CC1(C)C=C(n2cc(Cl)cc([N+](=O)[O-])c2=O)c2ccncc2O1. The molecule has 8 heteroatoms. The van der Waals surface area contributed by atoms with Gasteiger partial charge < -0.3 is 4.74 Å². The van der Waals surface area contributed by atoms with Crippen LogP contribution in [0.15, 0.2) is 41.6 Å². The van der Waals surface area contributed by atoms with Crippen LogP contribution >= 0.6 is 11.6 Å². The number of ether oxygens (including phenoxy) is 1. The third-order valence-electron chi connectivity index (χ3n) is 3.34. The quantitative estimate of drug-likeness (QED) is 0.623. The first kappa shape index (κ1) is 15.2. The summed E-state index contributed by atoms with van der Waals surface area (Å²) in [4.78, 5) is 26.8. The van der Waals surface area contributed by atoms with Gasteiger partial charge in [-0.15, -0.1) is 0 Å². The van der Waals surface area contributed by atoms with Gasteiger partial charge in [-0.2, -0.15) is 0 Å². The first-order valence-electron chi connectivity index (χ1n) is 6.72. The van der Waals surface area contributed by atoms with Crippen LogP contribution in [0, 0.1) is 10.1 Å². The van der Waals surface area contributed by atoms with Gasteiger partial charge in [0.2, 0.25) is 0 Å². The summed E-state index contributed by atoms with van der Waals surface area (Å²) in [7, 11) is 0. The first-order chi connectivity index (χ1) is 10.8. The molecule has 118 valence electrons. The molecule has 0 radical (unpaired) electrons. The van der Waals surface area contributed by atoms with Gasteiger partial charge in [0.05, 0.1) is 21.8 Å². The number of rotatable bonds is 2. The minimum absolute atomic E-state index is 0.0945. The molecule has 1 aliphatic heterocycles. The zero-order chi connectivity index (χ0) is 16.8. The number of hydrogen-bond donors (Lipinski definition) is 0. The highest BCUT2D eigenvalue weighted by atomic mass is 35.5. The number of pyridine rings is 2. The van der Waals surface area contributed by atoms with Crippen LogP contribution in [0.25, 0.3) is 5.70 Å². The molecule has 0 fully saturated rings. The van der Waals surface area contributed by atoms with Crippen molar-refractivity contribution < 1.29 is 9.66 Å². The van der Waals surface area contributed by atoms with Crippen molar-refractivity contribution in [2.45, 2.75) is 19.4 Å². The average Bonchev–Trinajstić information content (AvgIpc) is 2.47. The molecule has 0 spiro atoms. The van der Waals surface area contributed by atoms with E-state index in [1.54, 1.807) is 18.3 Å². The smallest absolute Gasteiger partial charge is 0.335 e. The van der Waals surface area contributed by atoms with E-state index in [1.165, 1.54) is 17.0 Å². The molecule has 0 saturated carbocycles. The van der Waals surface area contributed by atoms with Crippen LogP contribution in [0.4, 0.5) is 5.69 Å². The standard InChI is InChI=1S/C15H12ClN3O4/c1-15(2)6-12(10-3-4-17-7-13(10)23-15)18-8-9(16)5-11(14(18)20)19(21)22/h3-8H,1-2H3. The van der Waals surface area contributed by atoms with Crippen molar-refractivity contribution in [3.63, 3.8) is 0 Å². The minimum Gasteiger partial charge on any atom is -0.481 e. The maximum atomic E-state index is 12.4. The van der Waals surface area contributed by atoms with Gasteiger partial charge >= 0.3 is 11.2 Å². The Labute approximate surface area is 135 Å². The fourth-order valence-corrected chi connectivity index (χ4v) is 2.64. The second-order valence-corrected chi connectivity index (χ2v) is 6.02. The molecule has 2 aromatic heterocycles. The van der Waals surface area contributed by atoms with Crippen LogP contribution in [-0.4, -0.2) is 20.1 Å². The molecule has 0 amide bonds. The third-order valence-corrected chi connectivity index (χ3v) is 3.55. The van der Waals surface area contributed by atoms with Crippen molar-refractivity contribution >= 4 is 23.0 Å². The molecule has 0 bridgehead atoms. The molecule has 1 aliphatic rings. The van der Waals surface area contributed by atoms with Crippen LogP contribution in [0.2, 0.25) is 5.02 Å². The predicted molar refractivity (Wildman–Crippen MR) is 84.7 cm³/mol. The largest absolute Gasteiger partial charge is 0.481 e. The lowest BCUT2D eigenvalue weighted by molar-refractivity contribution is -0.386. The fourth-order valence-electron chi connectivity index (χ4n) is 2.44. The predicted octanol–water partition coefficient (Wildman–Crippen LogP) is 2.87. The Balaban J connectivity index is 2.31. The second kappa shape index (κ2) is 5.20. The van der Waals surface area contributed by atoms with E-state index >= 15 is 0 Å². The number of nitrogens with zero attached hydrogens (tertiary/aromatic N) is 3. The molecular weight excluding hydrogens is 322 g/mol. The van der Waals surface area contributed by atoms with Crippen LogP contribution in [0.5, 0.6) is 5.75 Å². The summed E-state index contributed by atoms with van der Waals surface area (Å²) >= 11 is 5.95. The van der Waals surface area contributed by atoms with Gasteiger partial charge in [-0.1, -0.05) is 11.6 Å². The topological polar surface area (TPSA) is 87.3 Å². The number of halogens is 1. The van der Waals surface area contributed by atoms with Crippen molar-refractivity contribution in [3.05, 3.63) is 67.9 Å². The minimum atomic E-state index is -0.758. The Hall–Kier alpha value is -2.67. The lowest BCUT2D eigenvalue weighted by atomic mass is 10.00. The van der Waals surface area contributed by atoms with Crippen LogP contribution in [0.1, 0.15) is 19.4 Å². The van der Waals surface area contributed by atoms with Gasteiger partial charge in [0, 0.05) is 24.0 Å². The van der Waals surface area contributed by atoms with Crippen molar-refractivity contribution in [2.75, 3.05) is 0 Å². The lowest BCUT2D eigenvalue weighted by Gasteiger charge is -2.31. The number of hydrogen-bond acceptors (Lipinski definition) is 5. The van der Waals surface area contributed by atoms with E-state index in [2.05, 4.69) is 4.98 Å². The molecule has 3 heterocycles. The Bertz CT molecular complexity index is 902. The maximum absolute atomic E-state index is 12.4. The molecular formula is C15H12ClN3O4. The van der Waals surface area contributed by atoms with Crippen molar-refractivity contribution in [2.24, 2.45) is 0 Å². The summed E-state index contributed by atoms with van der Waals surface area (Å²) in [5.41, 5.74) is -0.973. The molecule has 0 saturated heterocycles. The van der Waals surface area contributed by atoms with E-state index in [1.807, 2.05) is 13.8 Å². The second-order valence-electron chi connectivity index (χ2n) is 5.58. The molecule has 7 nitrogen and oxygen atoms in total. The van der Waals surface area contributed by atoms with E-state index in [0.717, 1.165) is 6.07 Å². The van der Waals surface area contributed by atoms with E-state index in [-0.39, 0.29) is 5.02 Å². The fraction of sp³-hybridized carbons (Fsp3) is 0.200. The van der Waals surface area contributed by atoms with Gasteiger partial charge in [0.15, 0.2) is 0 Å². The van der Waals surface area contributed by atoms with Gasteiger partial charge in [-0.3, -0.25) is 24.5 Å². The normalized spacial score (nSPS) is 15.3. The van der Waals surface area contributed by atoms with E-state index in [4.69, 9.17) is 16.3 Å². The molecule has 0 atom stereocenters. The average molecular weight is 334 g/mol. The summed E-state index contributed by atoms with van der Waals surface area (Å²) < 4.78 is 6.97. The molecule has 0 aliphatic carbocycles. The van der Waals surface area contributed by atoms with Crippen LogP contribution in [-0.2, 0) is 0 Å². The Morgan fingerprint density at radius 2 is 2.17 bits per heavy atom. The summed E-state index contributed by atoms with van der Waals surface area (Å²) in [5, 5.41) is 11.2. The lowest BCUT2D eigenvalue weighted by Crippen LogP contribution is -2.32. The molecule has 0 N–H and O–H groups in total. The summed E-state index contributed by atoms with van der Waals surface area (Å²) in [6, 6.07) is 2.72. The summed E-state index contributed by atoms with van der Waals surface area (Å²) in [5.74, 6) is 0.490. The number of fused-ring (bicyclic) bond motifs is 1. The van der Waals surface area contributed by atoms with E-state index in [0.29, 0.717) is 17.0 Å². The first-order valence-corrected chi connectivity index (χ1v) is 7.09. The highest BCUT2D eigenvalue weighted by Gasteiger charge is 2.29. The van der Waals surface area contributed by atoms with E-state index < -0.39 is 21.8 Å². The summed E-state index contributed by atoms with van der Waals surface area (Å²) in [6.45, 7) is 3.62. The molecule has 0 aromatic carbocycles. The van der Waals surface area contributed by atoms with E-state index in [9.17, 15) is 14.9 Å². The van der Waals surface area contributed by atoms with Crippen LogP contribution < -0.4 is 10.3 Å². The molecule has 2 aromatic rings. The summed E-state index contributed by atoms with van der Waals surface area (Å²) in [6.07, 6.45) is 6.16. The van der Waals surface area contributed by atoms with Crippen LogP contribution in [0.3, 0.4) is 0 Å². The van der Waals surface area contributed by atoms with Gasteiger partial charge in [-0.25, -0.2) is 0 Å². The highest BCUT2D eigenvalue weighted by Crippen LogP contribution is 2.35. The molecule has 23 heavy (non-hydrogen) atoms. The van der Waals surface area contributed by atoms with Crippen molar-refractivity contribution in [1.82, 2.24) is 9.55 Å². The molecule has 3 rings (SSSR count).